The summed E-state index contributed by atoms with van der Waals surface area (Å²) >= 11 is 0. The minimum atomic E-state index is -0.305. The van der Waals surface area contributed by atoms with Crippen molar-refractivity contribution in [1.29, 1.82) is 0 Å². The number of ether oxygens (including phenoxy) is 1. The van der Waals surface area contributed by atoms with Crippen LogP contribution in [0.4, 0.5) is 4.39 Å². The first-order chi connectivity index (χ1) is 13.7. The third-order valence-electron chi connectivity index (χ3n) is 7.29. The number of benzene rings is 2. The monoisotopic (exact) mass is 380 g/mol. The maximum absolute atomic E-state index is 14.0. The van der Waals surface area contributed by atoms with Crippen molar-refractivity contribution in [3.63, 3.8) is 0 Å². The summed E-state index contributed by atoms with van der Waals surface area (Å²) in [4.78, 5) is 0. The first-order valence-corrected chi connectivity index (χ1v) is 11.1. The minimum Gasteiger partial charge on any atom is -0.494 e. The van der Waals surface area contributed by atoms with E-state index in [-0.39, 0.29) is 5.82 Å². The first kappa shape index (κ1) is 19.5. The lowest BCUT2D eigenvalue weighted by atomic mass is 9.63. The van der Waals surface area contributed by atoms with Gasteiger partial charge < -0.3 is 4.74 Å². The van der Waals surface area contributed by atoms with E-state index in [2.05, 4.69) is 31.2 Å². The highest BCUT2D eigenvalue weighted by Gasteiger charge is 2.35. The number of fused-ring (bicyclic) bond motifs is 1. The largest absolute Gasteiger partial charge is 0.494 e. The van der Waals surface area contributed by atoms with Gasteiger partial charge in [0.1, 0.15) is 0 Å². The van der Waals surface area contributed by atoms with Gasteiger partial charge in [-0.15, -0.1) is 0 Å². The topological polar surface area (TPSA) is 9.23 Å². The fraction of sp³-hybridized carbons (Fsp3) is 0.538. The lowest BCUT2D eigenvalue weighted by Crippen LogP contribution is -2.30. The molecule has 1 nitrogen and oxygen atoms in total. The molecule has 0 spiro atoms. The zero-order valence-electron chi connectivity index (χ0n) is 17.3. The van der Waals surface area contributed by atoms with Gasteiger partial charge in [-0.25, -0.2) is 4.39 Å². The Balaban J connectivity index is 1.42. The summed E-state index contributed by atoms with van der Waals surface area (Å²) in [6.07, 6.45) is 11.2. The number of methoxy groups -OCH3 is 1. The molecule has 0 amide bonds. The summed E-state index contributed by atoms with van der Waals surface area (Å²) in [5.41, 5.74) is 3.44. The van der Waals surface area contributed by atoms with Gasteiger partial charge in [-0.3, -0.25) is 0 Å². The number of hydrogen-bond donors (Lipinski definition) is 0. The Morgan fingerprint density at radius 2 is 1.61 bits per heavy atom. The molecule has 4 rings (SSSR count). The standard InChI is InChI=1S/C26H33FO/c1-3-4-18-5-6-23-16-22(12-11-21(23)15-18)19-7-9-20(10-8-19)24-13-14-26(28-2)25(27)17-24/h7-10,13-14,17-18,21-23H,3-6,11-12,15-16H2,1-2H3/t18?,21-,22-,23-/m1/s1. The van der Waals surface area contributed by atoms with Crippen LogP contribution < -0.4 is 4.74 Å². The molecular formula is C26H33FO. The zero-order valence-corrected chi connectivity index (χ0v) is 17.3. The van der Waals surface area contributed by atoms with E-state index in [4.69, 9.17) is 4.74 Å². The van der Waals surface area contributed by atoms with E-state index in [1.54, 1.807) is 12.1 Å². The summed E-state index contributed by atoms with van der Waals surface area (Å²) in [6, 6.07) is 14.0. The second kappa shape index (κ2) is 8.68. The van der Waals surface area contributed by atoms with Crippen LogP contribution in [0, 0.1) is 23.6 Å². The summed E-state index contributed by atoms with van der Waals surface area (Å²) in [7, 11) is 1.50. The maximum atomic E-state index is 14.0. The average Bonchev–Trinajstić information content (AvgIpc) is 2.73. The normalized spacial score (nSPS) is 27.2. The number of hydrogen-bond acceptors (Lipinski definition) is 1. The minimum absolute atomic E-state index is 0.297. The molecule has 0 heterocycles. The van der Waals surface area contributed by atoms with E-state index in [1.807, 2.05) is 6.07 Å². The molecular weight excluding hydrogens is 347 g/mol. The van der Waals surface area contributed by atoms with Gasteiger partial charge in [0.05, 0.1) is 7.11 Å². The molecule has 150 valence electrons. The lowest BCUT2D eigenvalue weighted by molar-refractivity contribution is 0.114. The molecule has 0 N–H and O–H groups in total. The van der Waals surface area contributed by atoms with E-state index in [0.29, 0.717) is 11.7 Å². The molecule has 2 fully saturated rings. The van der Waals surface area contributed by atoms with Gasteiger partial charge in [0.15, 0.2) is 11.6 Å². The maximum Gasteiger partial charge on any atom is 0.165 e. The quantitative estimate of drug-likeness (QED) is 0.519. The van der Waals surface area contributed by atoms with Crippen molar-refractivity contribution in [2.45, 2.75) is 64.2 Å². The zero-order chi connectivity index (χ0) is 19.5. The van der Waals surface area contributed by atoms with Crippen LogP contribution in [0.1, 0.15) is 69.8 Å². The van der Waals surface area contributed by atoms with Crippen molar-refractivity contribution in [3.8, 4) is 16.9 Å². The predicted molar refractivity (Wildman–Crippen MR) is 114 cm³/mol. The van der Waals surface area contributed by atoms with Gasteiger partial charge in [0.25, 0.3) is 0 Å². The molecule has 0 radical (unpaired) electrons. The van der Waals surface area contributed by atoms with Crippen molar-refractivity contribution in [3.05, 3.63) is 53.8 Å². The van der Waals surface area contributed by atoms with Crippen LogP contribution in [-0.4, -0.2) is 7.11 Å². The molecule has 1 unspecified atom stereocenters. The van der Waals surface area contributed by atoms with Crippen molar-refractivity contribution >= 4 is 0 Å². The van der Waals surface area contributed by atoms with Crippen LogP contribution in [-0.2, 0) is 0 Å². The van der Waals surface area contributed by atoms with Crippen LogP contribution in [0.2, 0.25) is 0 Å². The fourth-order valence-corrected chi connectivity index (χ4v) is 5.75. The Morgan fingerprint density at radius 3 is 2.32 bits per heavy atom. The highest BCUT2D eigenvalue weighted by atomic mass is 19.1. The second-order valence-electron chi connectivity index (χ2n) is 8.97. The van der Waals surface area contributed by atoms with Gasteiger partial charge in [-0.05, 0) is 84.6 Å². The summed E-state index contributed by atoms with van der Waals surface area (Å²) in [5, 5.41) is 0. The highest BCUT2D eigenvalue weighted by Crippen LogP contribution is 2.48. The van der Waals surface area contributed by atoms with E-state index in [9.17, 15) is 4.39 Å². The number of rotatable bonds is 5. The summed E-state index contributed by atoms with van der Waals surface area (Å²) < 4.78 is 19.0. The van der Waals surface area contributed by atoms with Crippen molar-refractivity contribution < 1.29 is 9.13 Å². The molecule has 28 heavy (non-hydrogen) atoms. The molecule has 4 atom stereocenters. The van der Waals surface area contributed by atoms with Gasteiger partial charge in [-0.2, -0.15) is 0 Å². The highest BCUT2D eigenvalue weighted by molar-refractivity contribution is 5.64. The Hall–Kier alpha value is -1.83. The average molecular weight is 381 g/mol. The van der Waals surface area contributed by atoms with Crippen LogP contribution in [0.5, 0.6) is 5.75 Å². The second-order valence-corrected chi connectivity index (χ2v) is 8.97. The van der Waals surface area contributed by atoms with Crippen molar-refractivity contribution in [2.75, 3.05) is 7.11 Å². The summed E-state index contributed by atoms with van der Waals surface area (Å²) in [5.74, 6) is 3.59. The van der Waals surface area contributed by atoms with Crippen molar-refractivity contribution in [1.82, 2.24) is 0 Å². The molecule has 2 saturated carbocycles. The van der Waals surface area contributed by atoms with Crippen molar-refractivity contribution in [2.24, 2.45) is 17.8 Å². The Morgan fingerprint density at radius 1 is 0.893 bits per heavy atom. The third-order valence-corrected chi connectivity index (χ3v) is 7.29. The van der Waals surface area contributed by atoms with E-state index < -0.39 is 0 Å². The van der Waals surface area contributed by atoms with E-state index in [1.165, 1.54) is 64.0 Å². The predicted octanol–water partition coefficient (Wildman–Crippen LogP) is 7.60. The van der Waals surface area contributed by atoms with Crippen LogP contribution in [0.25, 0.3) is 11.1 Å². The fourth-order valence-electron chi connectivity index (χ4n) is 5.75. The smallest absolute Gasteiger partial charge is 0.165 e. The third kappa shape index (κ3) is 4.11. The van der Waals surface area contributed by atoms with Gasteiger partial charge in [0, 0.05) is 0 Å². The number of halogens is 1. The Kier molecular flexibility index (Phi) is 6.04. The molecule has 2 aromatic carbocycles. The molecule has 0 saturated heterocycles. The van der Waals surface area contributed by atoms with Gasteiger partial charge in [-0.1, -0.05) is 56.5 Å². The molecule has 0 bridgehead atoms. The molecule has 2 heteroatoms. The molecule has 2 aliphatic rings. The van der Waals surface area contributed by atoms with E-state index in [0.717, 1.165) is 28.9 Å². The summed E-state index contributed by atoms with van der Waals surface area (Å²) in [6.45, 7) is 2.33. The molecule has 2 aromatic rings. The SMILES string of the molecule is CCCC1CC[C@@H]2C[C@H](c3ccc(-c4ccc(OC)c(F)c4)cc3)CC[C@@H]2C1. The first-order valence-electron chi connectivity index (χ1n) is 11.1. The van der Waals surface area contributed by atoms with E-state index >= 15 is 0 Å². The Bertz CT molecular complexity index is 782. The van der Waals surface area contributed by atoms with Gasteiger partial charge >= 0.3 is 0 Å². The van der Waals surface area contributed by atoms with Crippen LogP contribution >= 0.6 is 0 Å². The van der Waals surface area contributed by atoms with Crippen LogP contribution in [0.3, 0.4) is 0 Å². The molecule has 2 aliphatic carbocycles. The lowest BCUT2D eigenvalue weighted by Gasteiger charge is -2.42. The molecule has 0 aliphatic heterocycles. The van der Waals surface area contributed by atoms with Crippen LogP contribution in [0.15, 0.2) is 42.5 Å². The Labute approximate surface area is 169 Å². The van der Waals surface area contributed by atoms with Gasteiger partial charge in [0.2, 0.25) is 0 Å². The molecule has 0 aromatic heterocycles.